The molecule has 1 N–H and O–H groups in total. The van der Waals surface area contributed by atoms with E-state index in [0.29, 0.717) is 38.5 Å². The molecule has 1 aromatic carbocycles. The van der Waals surface area contributed by atoms with Gasteiger partial charge in [0.1, 0.15) is 0 Å². The van der Waals surface area contributed by atoms with Crippen LogP contribution in [0.15, 0.2) is 24.4 Å². The van der Waals surface area contributed by atoms with Gasteiger partial charge < -0.3 is 14.9 Å². The van der Waals surface area contributed by atoms with Crippen LogP contribution in [0.1, 0.15) is 12.0 Å². The first-order chi connectivity index (χ1) is 13.5. The molecule has 2 aliphatic rings. The van der Waals surface area contributed by atoms with Crippen LogP contribution < -0.4 is 9.80 Å². The molecule has 0 aliphatic carbocycles. The van der Waals surface area contributed by atoms with Gasteiger partial charge in [-0.2, -0.15) is 5.10 Å². The maximum Gasteiger partial charge on any atom is 0.317 e. The summed E-state index contributed by atoms with van der Waals surface area (Å²) < 4.78 is 0. The number of carboxylic acid groups (broad SMARTS) is 1. The maximum atomic E-state index is 11.9. The monoisotopic (exact) mass is 382 g/mol. The Morgan fingerprint density at radius 3 is 2.71 bits per heavy atom. The summed E-state index contributed by atoms with van der Waals surface area (Å²) in [6, 6.07) is 5.97. The predicted molar refractivity (Wildman–Crippen MR) is 103 cm³/mol. The van der Waals surface area contributed by atoms with Gasteiger partial charge in [0.15, 0.2) is 0 Å². The zero-order valence-electron chi connectivity index (χ0n) is 15.7. The number of rotatable bonds is 4. The van der Waals surface area contributed by atoms with Gasteiger partial charge in [0, 0.05) is 50.9 Å². The van der Waals surface area contributed by atoms with Gasteiger partial charge in [0.2, 0.25) is 11.9 Å². The van der Waals surface area contributed by atoms with Gasteiger partial charge in [0.05, 0.1) is 18.4 Å². The van der Waals surface area contributed by atoms with Crippen LogP contribution in [0.3, 0.4) is 0 Å². The predicted octanol–water partition coefficient (Wildman–Crippen LogP) is 0.654. The highest BCUT2D eigenvalue weighted by molar-refractivity contribution is 5.96. The van der Waals surface area contributed by atoms with E-state index in [4.69, 9.17) is 5.11 Å². The fourth-order valence-electron chi connectivity index (χ4n) is 3.68. The van der Waals surface area contributed by atoms with Crippen LogP contribution in [0.25, 0.3) is 11.3 Å². The molecule has 0 radical (unpaired) electrons. The molecule has 0 unspecified atom stereocenters. The molecule has 0 spiro atoms. The number of fused-ring (bicyclic) bond motifs is 1. The second-order valence-electron chi connectivity index (χ2n) is 7.09. The first kappa shape index (κ1) is 18.3. The van der Waals surface area contributed by atoms with E-state index in [1.807, 2.05) is 21.9 Å². The van der Waals surface area contributed by atoms with Gasteiger partial charge in [-0.05, 0) is 24.1 Å². The molecule has 2 aliphatic heterocycles. The highest BCUT2D eigenvalue weighted by atomic mass is 16.4. The number of anilines is 2. The first-order valence-corrected chi connectivity index (χ1v) is 9.30. The average molecular weight is 382 g/mol. The summed E-state index contributed by atoms with van der Waals surface area (Å²) in [7, 11) is 1.80. The molecule has 4 rings (SSSR count). The van der Waals surface area contributed by atoms with E-state index < -0.39 is 5.97 Å². The van der Waals surface area contributed by atoms with Crippen molar-refractivity contribution in [1.29, 1.82) is 0 Å². The van der Waals surface area contributed by atoms with Gasteiger partial charge in [-0.1, -0.05) is 6.07 Å². The first-order valence-electron chi connectivity index (χ1n) is 9.30. The zero-order valence-corrected chi connectivity index (χ0v) is 15.7. The van der Waals surface area contributed by atoms with Crippen LogP contribution in [-0.2, 0) is 16.0 Å². The Bertz CT molecular complexity index is 910. The molecule has 0 saturated carbocycles. The van der Waals surface area contributed by atoms with Crippen LogP contribution >= 0.6 is 0 Å². The lowest BCUT2D eigenvalue weighted by molar-refractivity contribution is -0.138. The number of piperazine rings is 1. The Kier molecular flexibility index (Phi) is 4.91. The van der Waals surface area contributed by atoms with Crippen molar-refractivity contribution in [3.63, 3.8) is 0 Å². The third-order valence-electron chi connectivity index (χ3n) is 5.28. The van der Waals surface area contributed by atoms with E-state index in [-0.39, 0.29) is 12.5 Å². The van der Waals surface area contributed by atoms with Crippen molar-refractivity contribution in [3.05, 3.63) is 30.0 Å². The van der Waals surface area contributed by atoms with Crippen LogP contribution in [-0.4, -0.2) is 76.8 Å². The average Bonchev–Trinajstić information content (AvgIpc) is 2.71. The topological polar surface area (TPSA) is 103 Å². The van der Waals surface area contributed by atoms with Crippen LogP contribution in [0, 0.1) is 0 Å². The summed E-state index contributed by atoms with van der Waals surface area (Å²) in [4.78, 5) is 33.0. The number of hydrogen-bond donors (Lipinski definition) is 1. The van der Waals surface area contributed by atoms with Gasteiger partial charge >= 0.3 is 5.97 Å². The molecule has 2 aromatic rings. The minimum atomic E-state index is -0.812. The van der Waals surface area contributed by atoms with Crippen LogP contribution in [0.4, 0.5) is 11.6 Å². The van der Waals surface area contributed by atoms with E-state index in [0.717, 1.165) is 28.9 Å². The summed E-state index contributed by atoms with van der Waals surface area (Å²) in [5.41, 5.74) is 3.75. The maximum absolute atomic E-state index is 11.9. The molecule has 1 saturated heterocycles. The lowest BCUT2D eigenvalue weighted by Gasteiger charge is -2.33. The van der Waals surface area contributed by atoms with Crippen molar-refractivity contribution in [3.8, 4) is 11.3 Å². The normalized spacial score (nSPS) is 17.5. The minimum absolute atomic E-state index is 0.0546. The van der Waals surface area contributed by atoms with E-state index in [9.17, 15) is 9.59 Å². The Morgan fingerprint density at radius 2 is 1.96 bits per heavy atom. The SMILES string of the molecule is CN1C(=O)CCc2cc(-c3cnnc(N4CCN(CC(=O)O)CC4)n3)ccc21. The van der Waals surface area contributed by atoms with Crippen molar-refractivity contribution in [2.24, 2.45) is 0 Å². The smallest absolute Gasteiger partial charge is 0.317 e. The summed E-state index contributed by atoms with van der Waals surface area (Å²) in [6.07, 6.45) is 2.88. The molecule has 9 nitrogen and oxygen atoms in total. The molecule has 0 atom stereocenters. The lowest BCUT2D eigenvalue weighted by Crippen LogP contribution is -2.48. The van der Waals surface area contributed by atoms with E-state index >= 15 is 0 Å². The summed E-state index contributed by atoms with van der Waals surface area (Å²) in [5, 5.41) is 17.2. The lowest BCUT2D eigenvalue weighted by atomic mass is 9.98. The molecular formula is C19H22N6O3. The van der Waals surface area contributed by atoms with Gasteiger partial charge in [0.25, 0.3) is 0 Å². The number of aryl methyl sites for hydroxylation is 1. The highest BCUT2D eigenvalue weighted by Crippen LogP contribution is 2.30. The molecular weight excluding hydrogens is 360 g/mol. The Balaban J connectivity index is 1.52. The van der Waals surface area contributed by atoms with E-state index in [1.54, 1.807) is 18.1 Å². The second kappa shape index (κ2) is 7.51. The summed E-state index contributed by atoms with van der Waals surface area (Å²) in [6.45, 7) is 2.68. The number of amides is 1. The molecule has 0 bridgehead atoms. The Morgan fingerprint density at radius 1 is 1.18 bits per heavy atom. The quantitative estimate of drug-likeness (QED) is 0.822. The van der Waals surface area contributed by atoms with Crippen molar-refractivity contribution in [2.75, 3.05) is 49.6 Å². The number of benzene rings is 1. The van der Waals surface area contributed by atoms with Gasteiger partial charge in [-0.25, -0.2) is 4.98 Å². The zero-order chi connectivity index (χ0) is 19.7. The number of hydrogen-bond acceptors (Lipinski definition) is 7. The van der Waals surface area contributed by atoms with Gasteiger partial charge in [-0.15, -0.1) is 5.10 Å². The molecule has 28 heavy (non-hydrogen) atoms. The van der Waals surface area contributed by atoms with Crippen LogP contribution in [0.5, 0.6) is 0 Å². The number of carboxylic acids is 1. The summed E-state index contributed by atoms with van der Waals surface area (Å²) in [5.74, 6) is -0.126. The number of aliphatic carboxylic acids is 1. The third kappa shape index (κ3) is 3.65. The Labute approximate surface area is 162 Å². The van der Waals surface area contributed by atoms with E-state index in [1.165, 1.54) is 0 Å². The van der Waals surface area contributed by atoms with Crippen molar-refractivity contribution in [1.82, 2.24) is 20.1 Å². The minimum Gasteiger partial charge on any atom is -0.480 e. The molecule has 146 valence electrons. The third-order valence-corrected chi connectivity index (χ3v) is 5.28. The Hall–Kier alpha value is -3.07. The molecule has 1 amide bonds. The fraction of sp³-hybridized carbons (Fsp3) is 0.421. The molecule has 1 aromatic heterocycles. The van der Waals surface area contributed by atoms with Gasteiger partial charge in [-0.3, -0.25) is 14.5 Å². The van der Waals surface area contributed by atoms with Crippen molar-refractivity contribution in [2.45, 2.75) is 12.8 Å². The van der Waals surface area contributed by atoms with E-state index in [2.05, 4.69) is 21.2 Å². The molecule has 1 fully saturated rings. The second-order valence-corrected chi connectivity index (χ2v) is 7.09. The molecule has 3 heterocycles. The number of carbonyl (C=O) groups is 2. The summed E-state index contributed by atoms with van der Waals surface area (Å²) >= 11 is 0. The van der Waals surface area contributed by atoms with Crippen molar-refractivity contribution >= 4 is 23.5 Å². The van der Waals surface area contributed by atoms with Crippen molar-refractivity contribution < 1.29 is 14.7 Å². The number of carbonyl (C=O) groups excluding carboxylic acids is 1. The number of aromatic nitrogens is 3. The highest BCUT2D eigenvalue weighted by Gasteiger charge is 2.23. The fourth-order valence-corrected chi connectivity index (χ4v) is 3.68. The largest absolute Gasteiger partial charge is 0.480 e. The van der Waals surface area contributed by atoms with Crippen LogP contribution in [0.2, 0.25) is 0 Å². The number of nitrogens with zero attached hydrogens (tertiary/aromatic N) is 6. The standard InChI is InChI=1S/C19H22N6O3/c1-23-16-4-2-13(10-14(16)3-5-17(23)26)15-11-20-22-19(21-15)25-8-6-24(7-9-25)12-18(27)28/h2,4,10-11H,3,5-9,12H2,1H3,(H,27,28). The molecule has 9 heteroatoms.